The number of hydrogen-bond donors (Lipinski definition) is 2. The number of pyridine rings is 2. The maximum atomic E-state index is 13.4. The second-order valence-electron chi connectivity index (χ2n) is 9.50. The van der Waals surface area contributed by atoms with E-state index in [-0.39, 0.29) is 16.5 Å². The molecule has 0 radical (unpaired) electrons. The Labute approximate surface area is 198 Å². The summed E-state index contributed by atoms with van der Waals surface area (Å²) in [6.07, 6.45) is 2.67. The van der Waals surface area contributed by atoms with E-state index >= 15 is 0 Å². The Morgan fingerprint density at radius 3 is 2.18 bits per heavy atom. The molecule has 0 saturated heterocycles. The van der Waals surface area contributed by atoms with Crippen LogP contribution in [-0.4, -0.2) is 24.2 Å². The molecule has 0 bridgehead atoms. The fourth-order valence-corrected chi connectivity index (χ4v) is 4.62. The van der Waals surface area contributed by atoms with Gasteiger partial charge < -0.3 is 9.55 Å². The van der Waals surface area contributed by atoms with Gasteiger partial charge in [-0.05, 0) is 64.4 Å². The molecule has 0 aliphatic carbocycles. The van der Waals surface area contributed by atoms with Crippen molar-refractivity contribution in [3.63, 3.8) is 0 Å². The van der Waals surface area contributed by atoms with Gasteiger partial charge in [-0.2, -0.15) is 0 Å². The van der Waals surface area contributed by atoms with Gasteiger partial charge in [0.2, 0.25) is 10.0 Å². The quantitative estimate of drug-likeness (QED) is 0.459. The summed E-state index contributed by atoms with van der Waals surface area (Å²) in [5, 5.41) is 0.834. The van der Waals surface area contributed by atoms with Crippen molar-refractivity contribution in [1.29, 1.82) is 0 Å². The van der Waals surface area contributed by atoms with E-state index in [1.54, 1.807) is 54.2 Å². The molecule has 0 fully saturated rings. The molecule has 8 heteroatoms. The first-order valence-electron chi connectivity index (χ1n) is 10.8. The summed E-state index contributed by atoms with van der Waals surface area (Å²) < 4.78 is 27.0. The van der Waals surface area contributed by atoms with Crippen LogP contribution in [0.25, 0.3) is 33.2 Å². The van der Waals surface area contributed by atoms with E-state index in [1.165, 1.54) is 0 Å². The summed E-state index contributed by atoms with van der Waals surface area (Å²) >= 11 is 0. The highest BCUT2D eigenvalue weighted by atomic mass is 32.2. The van der Waals surface area contributed by atoms with Crippen molar-refractivity contribution in [3.8, 4) is 22.3 Å². The Balaban J connectivity index is 2.00. The third-order valence-corrected chi connectivity index (χ3v) is 6.39. The van der Waals surface area contributed by atoms with Gasteiger partial charge in [-0.15, -0.1) is 0 Å². The van der Waals surface area contributed by atoms with Gasteiger partial charge in [0.05, 0.1) is 11.8 Å². The molecule has 4 rings (SSSR count). The predicted molar refractivity (Wildman–Crippen MR) is 138 cm³/mol. The van der Waals surface area contributed by atoms with E-state index in [1.807, 2.05) is 12.1 Å². The number of aryl methyl sites for hydroxylation is 1. The van der Waals surface area contributed by atoms with Crippen molar-refractivity contribution >= 4 is 26.6 Å². The highest BCUT2D eigenvalue weighted by molar-refractivity contribution is 7.92. The van der Waals surface area contributed by atoms with Gasteiger partial charge in [0, 0.05) is 35.6 Å². The van der Waals surface area contributed by atoms with Gasteiger partial charge in [-0.1, -0.05) is 32.9 Å². The van der Waals surface area contributed by atoms with Crippen LogP contribution in [0.1, 0.15) is 26.3 Å². The van der Waals surface area contributed by atoms with E-state index < -0.39 is 10.0 Å². The number of sulfonamides is 1. The lowest BCUT2D eigenvalue weighted by Crippen LogP contribution is -2.21. The van der Waals surface area contributed by atoms with Crippen LogP contribution in [-0.2, 0) is 22.5 Å². The number of anilines is 1. The van der Waals surface area contributed by atoms with Crippen LogP contribution in [0.4, 0.5) is 5.69 Å². The number of hydrogen-bond acceptors (Lipinski definition) is 4. The van der Waals surface area contributed by atoms with Crippen LogP contribution in [0.15, 0.2) is 70.4 Å². The fraction of sp³-hybridized carbons (Fsp3) is 0.231. The summed E-state index contributed by atoms with van der Waals surface area (Å²) in [5.41, 5.74) is 3.86. The predicted octanol–water partition coefficient (Wildman–Crippen LogP) is 4.23. The van der Waals surface area contributed by atoms with E-state index in [2.05, 4.69) is 36.5 Å². The first-order valence-corrected chi connectivity index (χ1v) is 12.7. The zero-order chi connectivity index (χ0) is 24.8. The third kappa shape index (κ3) is 4.54. The molecular weight excluding hydrogens is 450 g/mol. The number of benzene rings is 2. The van der Waals surface area contributed by atoms with E-state index in [0.29, 0.717) is 33.5 Å². The zero-order valence-electron chi connectivity index (χ0n) is 19.8. The van der Waals surface area contributed by atoms with Gasteiger partial charge in [0.15, 0.2) is 0 Å². The average molecular weight is 478 g/mol. The first kappa shape index (κ1) is 23.5. The minimum atomic E-state index is -3.40. The summed E-state index contributed by atoms with van der Waals surface area (Å²) in [4.78, 5) is 28.8. The molecule has 2 aromatic carbocycles. The number of nitrogens with zero attached hydrogens (tertiary/aromatic N) is 1. The van der Waals surface area contributed by atoms with Crippen LogP contribution in [0.5, 0.6) is 0 Å². The van der Waals surface area contributed by atoms with Crippen molar-refractivity contribution < 1.29 is 8.42 Å². The Morgan fingerprint density at radius 2 is 1.59 bits per heavy atom. The molecule has 7 nitrogen and oxygen atoms in total. The van der Waals surface area contributed by atoms with Gasteiger partial charge in [0.1, 0.15) is 0 Å². The van der Waals surface area contributed by atoms with Crippen molar-refractivity contribution in [2.75, 3.05) is 11.0 Å². The lowest BCUT2D eigenvalue weighted by atomic mass is 9.84. The average Bonchev–Trinajstić information content (AvgIpc) is 2.75. The third-order valence-electron chi connectivity index (χ3n) is 5.78. The summed E-state index contributed by atoms with van der Waals surface area (Å²) in [5.74, 6) is 0. The molecule has 34 heavy (non-hydrogen) atoms. The van der Waals surface area contributed by atoms with Crippen LogP contribution in [0.3, 0.4) is 0 Å². The highest BCUT2D eigenvalue weighted by Crippen LogP contribution is 2.34. The van der Waals surface area contributed by atoms with E-state index in [0.717, 1.165) is 17.2 Å². The van der Waals surface area contributed by atoms with Gasteiger partial charge >= 0.3 is 0 Å². The molecular formula is C26H27N3O4S. The Hall–Kier alpha value is -3.65. The Bertz CT molecular complexity index is 1620. The van der Waals surface area contributed by atoms with Gasteiger partial charge in [0.25, 0.3) is 11.1 Å². The summed E-state index contributed by atoms with van der Waals surface area (Å²) in [6, 6.07) is 16.1. The van der Waals surface area contributed by atoms with Crippen molar-refractivity contribution in [2.24, 2.45) is 7.05 Å². The fourth-order valence-electron chi connectivity index (χ4n) is 4.05. The molecule has 0 aliphatic rings. The molecule has 0 amide bonds. The molecule has 2 N–H and O–H groups in total. The number of aromatic amines is 1. The molecule has 0 atom stereocenters. The van der Waals surface area contributed by atoms with Gasteiger partial charge in [-0.3, -0.25) is 14.3 Å². The molecule has 0 aliphatic heterocycles. The number of fused-ring (bicyclic) bond motifs is 1. The number of H-pyrrole nitrogens is 1. The van der Waals surface area contributed by atoms with Crippen molar-refractivity contribution in [3.05, 3.63) is 87.1 Å². The minimum Gasteiger partial charge on any atom is -0.329 e. The summed E-state index contributed by atoms with van der Waals surface area (Å²) in [7, 11) is -1.70. The van der Waals surface area contributed by atoms with E-state index in [9.17, 15) is 18.0 Å². The molecule has 176 valence electrons. The maximum absolute atomic E-state index is 13.4. The van der Waals surface area contributed by atoms with Crippen LogP contribution in [0, 0.1) is 0 Å². The zero-order valence-corrected chi connectivity index (χ0v) is 20.6. The SMILES string of the molecule is Cn1c(=O)c(-c2ccc(NS(C)(=O)=O)cc2)cc2cc(C(C)(C)C)cc(-c3ccc[nH]c3=O)c21. The summed E-state index contributed by atoms with van der Waals surface area (Å²) in [6.45, 7) is 6.30. The van der Waals surface area contributed by atoms with E-state index in [4.69, 9.17) is 0 Å². The van der Waals surface area contributed by atoms with Crippen molar-refractivity contribution in [2.45, 2.75) is 26.2 Å². The maximum Gasteiger partial charge on any atom is 0.258 e. The minimum absolute atomic E-state index is 0.182. The highest BCUT2D eigenvalue weighted by Gasteiger charge is 2.21. The second-order valence-corrected chi connectivity index (χ2v) is 11.2. The lowest BCUT2D eigenvalue weighted by Gasteiger charge is -2.22. The topological polar surface area (TPSA) is 101 Å². The number of aromatic nitrogens is 2. The number of nitrogens with one attached hydrogen (secondary N) is 2. The first-order chi connectivity index (χ1) is 15.8. The lowest BCUT2D eigenvalue weighted by molar-refractivity contribution is 0.591. The van der Waals surface area contributed by atoms with Crippen LogP contribution < -0.4 is 15.8 Å². The molecule has 2 heterocycles. The molecule has 0 unspecified atom stereocenters. The van der Waals surface area contributed by atoms with Crippen molar-refractivity contribution in [1.82, 2.24) is 9.55 Å². The standard InChI is InChI=1S/C26H27N3O4S/c1-26(2,3)18-13-17-14-21(16-8-10-19(11-9-16)28-34(5,32)33)25(31)29(4)23(17)22(15-18)20-7-6-12-27-24(20)30/h6-15,28H,1-5H3,(H,27,30). The van der Waals surface area contributed by atoms with Crippen LogP contribution in [0.2, 0.25) is 0 Å². The monoisotopic (exact) mass is 477 g/mol. The number of rotatable bonds is 4. The molecule has 0 saturated carbocycles. The Morgan fingerprint density at radius 1 is 0.912 bits per heavy atom. The smallest absolute Gasteiger partial charge is 0.258 e. The normalized spacial score (nSPS) is 12.1. The molecule has 2 aromatic heterocycles. The molecule has 4 aromatic rings. The Kier molecular flexibility index (Phi) is 5.73. The van der Waals surface area contributed by atoms with Gasteiger partial charge in [-0.25, -0.2) is 8.42 Å². The molecule has 0 spiro atoms. The largest absolute Gasteiger partial charge is 0.329 e. The van der Waals surface area contributed by atoms with Crippen LogP contribution >= 0.6 is 0 Å². The second kappa shape index (κ2) is 8.29.